The van der Waals surface area contributed by atoms with Crippen molar-refractivity contribution in [3.05, 3.63) is 35.6 Å². The molecule has 0 amide bonds. The van der Waals surface area contributed by atoms with Crippen molar-refractivity contribution in [1.82, 2.24) is 5.32 Å². The molecule has 0 bridgehead atoms. The van der Waals surface area contributed by atoms with E-state index in [0.717, 1.165) is 18.9 Å². The third-order valence-corrected chi connectivity index (χ3v) is 3.28. The van der Waals surface area contributed by atoms with Gasteiger partial charge in [0.25, 0.3) is 0 Å². The Morgan fingerprint density at radius 2 is 2.18 bits per heavy atom. The van der Waals surface area contributed by atoms with E-state index in [0.29, 0.717) is 12.2 Å². The van der Waals surface area contributed by atoms with E-state index in [2.05, 4.69) is 5.32 Å². The Balaban J connectivity index is 1.80. The summed E-state index contributed by atoms with van der Waals surface area (Å²) in [5.74, 6) is 0.717. The highest BCUT2D eigenvalue weighted by Gasteiger charge is 2.21. The first-order chi connectivity index (χ1) is 8.31. The molecule has 0 saturated heterocycles. The maximum absolute atomic E-state index is 13.6. The Hall–Kier alpha value is -0.930. The molecule has 0 radical (unpaired) electrons. The number of hydrogen-bond donors (Lipinski definition) is 1. The van der Waals surface area contributed by atoms with Gasteiger partial charge in [-0.3, -0.25) is 0 Å². The molecule has 1 fully saturated rings. The van der Waals surface area contributed by atoms with Crippen LogP contribution in [0.4, 0.5) is 4.39 Å². The molecule has 0 aromatic heterocycles. The van der Waals surface area contributed by atoms with E-state index in [1.807, 2.05) is 13.1 Å². The van der Waals surface area contributed by atoms with Gasteiger partial charge >= 0.3 is 0 Å². The standard InChI is InChI=1S/C14H20FNO/c1-16-14(10-17-9-8-11-6-7-11)12-4-2-3-5-13(12)15/h2-5,11,14,16H,6-10H2,1H3. The van der Waals surface area contributed by atoms with E-state index < -0.39 is 0 Å². The Morgan fingerprint density at radius 3 is 2.82 bits per heavy atom. The molecule has 17 heavy (non-hydrogen) atoms. The van der Waals surface area contributed by atoms with Crippen molar-refractivity contribution in [2.75, 3.05) is 20.3 Å². The lowest BCUT2D eigenvalue weighted by molar-refractivity contribution is 0.107. The molecule has 2 nitrogen and oxygen atoms in total. The van der Waals surface area contributed by atoms with Crippen LogP contribution in [0, 0.1) is 11.7 Å². The highest BCUT2D eigenvalue weighted by molar-refractivity contribution is 5.21. The molecule has 1 saturated carbocycles. The molecule has 1 atom stereocenters. The molecule has 0 heterocycles. The van der Waals surface area contributed by atoms with Gasteiger partial charge in [-0.2, -0.15) is 0 Å². The van der Waals surface area contributed by atoms with E-state index in [1.165, 1.54) is 18.9 Å². The van der Waals surface area contributed by atoms with Gasteiger partial charge in [-0.15, -0.1) is 0 Å². The Kier molecular flexibility index (Phi) is 4.51. The largest absolute Gasteiger partial charge is 0.379 e. The van der Waals surface area contributed by atoms with Gasteiger partial charge in [0.2, 0.25) is 0 Å². The topological polar surface area (TPSA) is 21.3 Å². The average Bonchev–Trinajstić information content (AvgIpc) is 3.15. The summed E-state index contributed by atoms with van der Waals surface area (Å²) in [7, 11) is 1.83. The lowest BCUT2D eigenvalue weighted by Gasteiger charge is -2.17. The van der Waals surface area contributed by atoms with Crippen molar-refractivity contribution in [3.63, 3.8) is 0 Å². The fraction of sp³-hybridized carbons (Fsp3) is 0.571. The number of benzene rings is 1. The molecular weight excluding hydrogens is 217 g/mol. The van der Waals surface area contributed by atoms with E-state index >= 15 is 0 Å². The molecule has 2 rings (SSSR count). The van der Waals surface area contributed by atoms with Crippen molar-refractivity contribution in [2.24, 2.45) is 5.92 Å². The summed E-state index contributed by atoms with van der Waals surface area (Å²) in [6, 6.07) is 6.80. The van der Waals surface area contributed by atoms with Gasteiger partial charge in [-0.25, -0.2) is 4.39 Å². The van der Waals surface area contributed by atoms with Crippen LogP contribution in [0.2, 0.25) is 0 Å². The second-order valence-corrected chi connectivity index (χ2v) is 4.67. The zero-order valence-electron chi connectivity index (χ0n) is 10.3. The van der Waals surface area contributed by atoms with Gasteiger partial charge in [0.05, 0.1) is 12.6 Å². The minimum Gasteiger partial charge on any atom is -0.379 e. The van der Waals surface area contributed by atoms with Gasteiger partial charge in [-0.1, -0.05) is 31.0 Å². The van der Waals surface area contributed by atoms with Gasteiger partial charge in [0, 0.05) is 12.2 Å². The van der Waals surface area contributed by atoms with Gasteiger partial charge in [0.1, 0.15) is 5.82 Å². The zero-order valence-corrected chi connectivity index (χ0v) is 10.3. The van der Waals surface area contributed by atoms with E-state index in [4.69, 9.17) is 4.74 Å². The lowest BCUT2D eigenvalue weighted by atomic mass is 10.1. The van der Waals surface area contributed by atoms with Crippen LogP contribution in [0.25, 0.3) is 0 Å². The number of halogens is 1. The summed E-state index contributed by atoms with van der Waals surface area (Å²) in [4.78, 5) is 0. The molecule has 0 spiro atoms. The smallest absolute Gasteiger partial charge is 0.128 e. The molecule has 3 heteroatoms. The molecule has 1 aliphatic carbocycles. The molecule has 94 valence electrons. The number of nitrogens with one attached hydrogen (secondary N) is 1. The van der Waals surface area contributed by atoms with Crippen LogP contribution in [-0.4, -0.2) is 20.3 Å². The lowest BCUT2D eigenvalue weighted by Crippen LogP contribution is -2.23. The summed E-state index contributed by atoms with van der Waals surface area (Å²) in [6.45, 7) is 1.32. The molecule has 1 N–H and O–H groups in total. The van der Waals surface area contributed by atoms with E-state index in [1.54, 1.807) is 12.1 Å². The SMILES string of the molecule is CNC(COCCC1CC1)c1ccccc1F. The fourth-order valence-electron chi connectivity index (χ4n) is 1.94. The normalized spacial score (nSPS) is 17.1. The average molecular weight is 237 g/mol. The van der Waals surface area contributed by atoms with Crippen molar-refractivity contribution in [3.8, 4) is 0 Å². The summed E-state index contributed by atoms with van der Waals surface area (Å²) in [5.41, 5.74) is 0.682. The second-order valence-electron chi connectivity index (χ2n) is 4.67. The summed E-state index contributed by atoms with van der Waals surface area (Å²) >= 11 is 0. The number of hydrogen-bond acceptors (Lipinski definition) is 2. The predicted molar refractivity (Wildman–Crippen MR) is 66.4 cm³/mol. The molecule has 1 unspecified atom stereocenters. The van der Waals surface area contributed by atoms with Crippen LogP contribution < -0.4 is 5.32 Å². The quantitative estimate of drug-likeness (QED) is 0.736. The van der Waals surface area contributed by atoms with Crippen molar-refractivity contribution in [2.45, 2.75) is 25.3 Å². The summed E-state index contributed by atoms with van der Waals surface area (Å²) in [6.07, 6.45) is 3.85. The van der Waals surface area contributed by atoms with Crippen LogP contribution in [-0.2, 0) is 4.74 Å². The fourth-order valence-corrected chi connectivity index (χ4v) is 1.94. The minimum absolute atomic E-state index is 0.0598. The van der Waals surface area contributed by atoms with Crippen LogP contribution in [0.15, 0.2) is 24.3 Å². The molecular formula is C14H20FNO. The van der Waals surface area contributed by atoms with E-state index in [-0.39, 0.29) is 11.9 Å². The highest BCUT2D eigenvalue weighted by atomic mass is 19.1. The third kappa shape index (κ3) is 3.79. The van der Waals surface area contributed by atoms with Crippen molar-refractivity contribution < 1.29 is 9.13 Å². The summed E-state index contributed by atoms with van der Waals surface area (Å²) in [5, 5.41) is 3.10. The van der Waals surface area contributed by atoms with Crippen molar-refractivity contribution >= 4 is 0 Å². The first-order valence-corrected chi connectivity index (χ1v) is 6.30. The molecule has 0 aliphatic heterocycles. The number of likely N-dealkylation sites (N-methyl/N-ethyl adjacent to an activating group) is 1. The molecule has 1 aromatic rings. The van der Waals surface area contributed by atoms with Gasteiger partial charge in [0.15, 0.2) is 0 Å². The highest BCUT2D eigenvalue weighted by Crippen LogP contribution is 2.32. The monoisotopic (exact) mass is 237 g/mol. The Morgan fingerprint density at radius 1 is 1.41 bits per heavy atom. The number of rotatable bonds is 7. The first kappa shape index (κ1) is 12.5. The van der Waals surface area contributed by atoms with Gasteiger partial charge in [-0.05, 0) is 25.5 Å². The minimum atomic E-state index is -0.169. The second kappa shape index (κ2) is 6.12. The van der Waals surface area contributed by atoms with Crippen LogP contribution in [0.3, 0.4) is 0 Å². The predicted octanol–water partition coefficient (Wildman–Crippen LogP) is 2.90. The summed E-state index contributed by atoms with van der Waals surface area (Å²) < 4.78 is 19.2. The van der Waals surface area contributed by atoms with E-state index in [9.17, 15) is 4.39 Å². The zero-order chi connectivity index (χ0) is 12.1. The Labute approximate surface area is 102 Å². The molecule has 1 aromatic carbocycles. The van der Waals surface area contributed by atoms with Crippen molar-refractivity contribution in [1.29, 1.82) is 0 Å². The maximum Gasteiger partial charge on any atom is 0.128 e. The maximum atomic E-state index is 13.6. The first-order valence-electron chi connectivity index (χ1n) is 6.30. The number of ether oxygens (including phenoxy) is 1. The van der Waals surface area contributed by atoms with Crippen LogP contribution in [0.1, 0.15) is 30.9 Å². The van der Waals surface area contributed by atoms with Gasteiger partial charge < -0.3 is 10.1 Å². The van der Waals surface area contributed by atoms with Crippen LogP contribution >= 0.6 is 0 Å². The third-order valence-electron chi connectivity index (χ3n) is 3.28. The van der Waals surface area contributed by atoms with Crippen LogP contribution in [0.5, 0.6) is 0 Å². The molecule has 1 aliphatic rings. The Bertz CT molecular complexity index is 352.